The number of hydrogen-bond acceptors (Lipinski definition) is 7. The molecule has 8 heteroatoms. The van der Waals surface area contributed by atoms with Gasteiger partial charge in [-0.2, -0.15) is 0 Å². The third kappa shape index (κ3) is 4.01. The lowest BCUT2D eigenvalue weighted by Crippen LogP contribution is -2.47. The van der Waals surface area contributed by atoms with Crippen LogP contribution >= 0.6 is 0 Å². The molecule has 2 saturated heterocycles. The Morgan fingerprint density at radius 1 is 1.44 bits per heavy atom. The lowest BCUT2D eigenvalue weighted by molar-refractivity contribution is -0.121. The van der Waals surface area contributed by atoms with Gasteiger partial charge in [-0.1, -0.05) is 5.16 Å². The first kappa shape index (κ1) is 17.9. The number of carbonyl (C=O) groups is 1. The van der Waals surface area contributed by atoms with Gasteiger partial charge in [-0.05, 0) is 46.1 Å². The minimum Gasteiger partial charge on any atom is -0.411 e. The predicted octanol–water partition coefficient (Wildman–Crippen LogP) is 1.99. The van der Waals surface area contributed by atoms with Crippen molar-refractivity contribution < 1.29 is 19.3 Å². The number of carbonyl (C=O) groups excluding carboxylic acids is 1. The van der Waals surface area contributed by atoms with Crippen molar-refractivity contribution in [3.05, 3.63) is 11.8 Å². The molecule has 2 aliphatic heterocycles. The third-order valence-electron chi connectivity index (χ3n) is 5.05. The maximum absolute atomic E-state index is 12.7. The van der Waals surface area contributed by atoms with Crippen molar-refractivity contribution in [2.75, 3.05) is 25.1 Å². The molecule has 1 aromatic rings. The van der Waals surface area contributed by atoms with Gasteiger partial charge >= 0.3 is 0 Å². The summed E-state index contributed by atoms with van der Waals surface area (Å²) in [4.78, 5) is 15.0. The van der Waals surface area contributed by atoms with Crippen LogP contribution in [0.1, 0.15) is 45.2 Å². The second-order valence-electron chi connectivity index (χ2n) is 7.27. The first-order chi connectivity index (χ1) is 12.0. The number of amides is 1. The monoisotopic (exact) mass is 350 g/mol. The number of hydrogen-bond donors (Lipinski definition) is 2. The third-order valence-corrected chi connectivity index (χ3v) is 5.05. The van der Waals surface area contributed by atoms with Crippen LogP contribution in [-0.4, -0.2) is 59.2 Å². The first-order valence-corrected chi connectivity index (χ1v) is 8.81. The number of nitrogens with zero attached hydrogens (tertiary/aromatic N) is 3. The molecule has 0 aliphatic carbocycles. The van der Waals surface area contributed by atoms with Crippen LogP contribution in [0.25, 0.3) is 0 Å². The van der Waals surface area contributed by atoms with E-state index in [0.717, 1.165) is 45.4 Å². The summed E-state index contributed by atoms with van der Waals surface area (Å²) in [7, 11) is 0. The van der Waals surface area contributed by atoms with Crippen LogP contribution in [0.3, 0.4) is 0 Å². The van der Waals surface area contributed by atoms with Crippen molar-refractivity contribution in [1.29, 1.82) is 0 Å². The van der Waals surface area contributed by atoms with E-state index >= 15 is 0 Å². The Bertz CT molecular complexity index is 622. The molecule has 0 aromatic carbocycles. The van der Waals surface area contributed by atoms with E-state index in [1.54, 1.807) is 6.07 Å². The van der Waals surface area contributed by atoms with Gasteiger partial charge in [-0.25, -0.2) is 0 Å². The molecular weight excluding hydrogens is 324 g/mol. The number of oxime groups is 1. The van der Waals surface area contributed by atoms with Crippen LogP contribution in [-0.2, 0) is 14.9 Å². The molecule has 2 N–H and O–H groups in total. The van der Waals surface area contributed by atoms with Crippen molar-refractivity contribution in [3.8, 4) is 0 Å². The molecule has 0 saturated carbocycles. The highest BCUT2D eigenvalue weighted by Crippen LogP contribution is 2.27. The maximum Gasteiger partial charge on any atom is 0.244 e. The van der Waals surface area contributed by atoms with E-state index < -0.39 is 5.41 Å². The van der Waals surface area contributed by atoms with Gasteiger partial charge < -0.3 is 14.5 Å². The van der Waals surface area contributed by atoms with Gasteiger partial charge in [-0.3, -0.25) is 15.0 Å². The smallest absolute Gasteiger partial charge is 0.244 e. The minimum atomic E-state index is -0.581. The molecule has 25 heavy (non-hydrogen) atoms. The average Bonchev–Trinajstić information content (AvgIpc) is 3.25. The summed E-state index contributed by atoms with van der Waals surface area (Å²) in [5, 5.41) is 18.6. The SMILES string of the molecule is CC(C)(C=NO)c1cc(NC(=O)[C@@H]2CCCN2C2CCOCC2)on1. The Morgan fingerprint density at radius 3 is 2.92 bits per heavy atom. The van der Waals surface area contributed by atoms with Gasteiger partial charge in [0.25, 0.3) is 0 Å². The largest absolute Gasteiger partial charge is 0.411 e. The maximum atomic E-state index is 12.7. The summed E-state index contributed by atoms with van der Waals surface area (Å²) in [6, 6.07) is 1.95. The number of ether oxygens (including phenoxy) is 1. The lowest BCUT2D eigenvalue weighted by Gasteiger charge is -2.34. The molecule has 1 atom stereocenters. The van der Waals surface area contributed by atoms with Gasteiger partial charge in [0, 0.05) is 30.7 Å². The number of rotatable bonds is 5. The van der Waals surface area contributed by atoms with Crippen LogP contribution in [0.4, 0.5) is 5.88 Å². The summed E-state index contributed by atoms with van der Waals surface area (Å²) in [6.45, 7) is 6.18. The topological polar surface area (TPSA) is 100 Å². The summed E-state index contributed by atoms with van der Waals surface area (Å²) in [6.07, 6.45) is 5.21. The molecular formula is C17H26N4O4. The quantitative estimate of drug-likeness (QED) is 0.478. The van der Waals surface area contributed by atoms with Gasteiger partial charge in [0.1, 0.15) is 0 Å². The Balaban J connectivity index is 1.64. The van der Waals surface area contributed by atoms with Gasteiger partial charge in [0.2, 0.25) is 11.8 Å². The Hall–Kier alpha value is -1.93. The van der Waals surface area contributed by atoms with E-state index in [-0.39, 0.29) is 11.9 Å². The second kappa shape index (κ2) is 7.53. The van der Waals surface area contributed by atoms with E-state index in [4.69, 9.17) is 14.5 Å². The lowest BCUT2D eigenvalue weighted by atomic mass is 9.91. The van der Waals surface area contributed by atoms with Crippen LogP contribution in [0.2, 0.25) is 0 Å². The van der Waals surface area contributed by atoms with E-state index in [1.807, 2.05) is 13.8 Å². The highest BCUT2D eigenvalue weighted by atomic mass is 16.5. The fourth-order valence-corrected chi connectivity index (χ4v) is 3.58. The molecule has 1 amide bonds. The van der Waals surface area contributed by atoms with Crippen molar-refractivity contribution in [2.45, 2.75) is 57.0 Å². The summed E-state index contributed by atoms with van der Waals surface area (Å²) in [5.74, 6) is 0.263. The molecule has 2 aliphatic rings. The summed E-state index contributed by atoms with van der Waals surface area (Å²) >= 11 is 0. The second-order valence-corrected chi connectivity index (χ2v) is 7.27. The van der Waals surface area contributed by atoms with Crippen LogP contribution in [0, 0.1) is 0 Å². The number of aromatic nitrogens is 1. The standard InChI is InChI=1S/C17H26N4O4/c1-17(2,11-18-23)14-10-15(25-20-14)19-16(22)13-4-3-7-21(13)12-5-8-24-9-6-12/h10-13,23H,3-9H2,1-2H3,(H,19,22)/t13-/m0/s1. The average molecular weight is 350 g/mol. The molecule has 0 radical (unpaired) electrons. The van der Waals surface area contributed by atoms with E-state index in [1.165, 1.54) is 6.21 Å². The van der Waals surface area contributed by atoms with Gasteiger partial charge in [-0.15, -0.1) is 5.16 Å². The van der Waals surface area contributed by atoms with E-state index in [9.17, 15) is 4.79 Å². The van der Waals surface area contributed by atoms with Crippen LogP contribution < -0.4 is 5.32 Å². The van der Waals surface area contributed by atoms with Crippen molar-refractivity contribution in [1.82, 2.24) is 10.1 Å². The molecule has 0 spiro atoms. The van der Waals surface area contributed by atoms with Crippen molar-refractivity contribution in [2.24, 2.45) is 5.16 Å². The van der Waals surface area contributed by atoms with Crippen LogP contribution in [0.15, 0.2) is 15.7 Å². The molecule has 3 heterocycles. The van der Waals surface area contributed by atoms with Crippen LogP contribution in [0.5, 0.6) is 0 Å². The fraction of sp³-hybridized carbons (Fsp3) is 0.706. The predicted molar refractivity (Wildman–Crippen MR) is 92.0 cm³/mol. The molecule has 0 bridgehead atoms. The molecule has 1 aromatic heterocycles. The first-order valence-electron chi connectivity index (χ1n) is 8.81. The molecule has 2 fully saturated rings. The zero-order valence-electron chi connectivity index (χ0n) is 14.8. The van der Waals surface area contributed by atoms with Crippen molar-refractivity contribution >= 4 is 18.0 Å². The molecule has 3 rings (SSSR count). The highest BCUT2D eigenvalue weighted by Gasteiger charge is 2.36. The van der Waals surface area contributed by atoms with Crippen molar-refractivity contribution in [3.63, 3.8) is 0 Å². The number of nitrogens with one attached hydrogen (secondary N) is 1. The zero-order chi connectivity index (χ0) is 17.9. The molecule has 0 unspecified atom stereocenters. The number of anilines is 1. The highest BCUT2D eigenvalue weighted by molar-refractivity contribution is 5.94. The molecule has 138 valence electrons. The Labute approximate surface area is 147 Å². The molecule has 8 nitrogen and oxygen atoms in total. The fourth-order valence-electron chi connectivity index (χ4n) is 3.58. The minimum absolute atomic E-state index is 0.0553. The Morgan fingerprint density at radius 2 is 2.20 bits per heavy atom. The van der Waals surface area contributed by atoms with Gasteiger partial charge in [0.05, 0.1) is 18.0 Å². The number of likely N-dealkylation sites (tertiary alicyclic amines) is 1. The normalized spacial score (nSPS) is 23.4. The van der Waals surface area contributed by atoms with Gasteiger partial charge in [0.15, 0.2) is 0 Å². The zero-order valence-corrected chi connectivity index (χ0v) is 14.8. The van der Waals surface area contributed by atoms with E-state index in [0.29, 0.717) is 17.6 Å². The summed E-state index contributed by atoms with van der Waals surface area (Å²) in [5.41, 5.74) is 0.0104. The summed E-state index contributed by atoms with van der Waals surface area (Å²) < 4.78 is 10.7. The Kier molecular flexibility index (Phi) is 5.39. The van der Waals surface area contributed by atoms with E-state index in [2.05, 4.69) is 20.5 Å².